The van der Waals surface area contributed by atoms with Crippen molar-refractivity contribution in [1.82, 2.24) is 9.80 Å². The van der Waals surface area contributed by atoms with Crippen molar-refractivity contribution in [3.63, 3.8) is 0 Å². The third-order valence-corrected chi connectivity index (χ3v) is 4.57. The maximum atomic E-state index is 10.4. The summed E-state index contributed by atoms with van der Waals surface area (Å²) in [6.07, 6.45) is 0.808. The lowest BCUT2D eigenvalue weighted by atomic mass is 9.86. The number of hydrogen-bond acceptors (Lipinski definition) is 3. The molecule has 21 heavy (non-hydrogen) atoms. The van der Waals surface area contributed by atoms with Crippen LogP contribution in [0.15, 0.2) is 24.3 Å². The first-order valence-electron chi connectivity index (χ1n) is 7.94. The van der Waals surface area contributed by atoms with Crippen LogP contribution in [0.1, 0.15) is 44.4 Å². The number of likely N-dealkylation sites (tertiary alicyclic amines) is 1. The molecule has 0 amide bonds. The van der Waals surface area contributed by atoms with E-state index in [0.717, 1.165) is 25.2 Å². The average Bonchev–Trinajstić information content (AvgIpc) is 2.86. The van der Waals surface area contributed by atoms with E-state index in [9.17, 15) is 5.11 Å². The minimum absolute atomic E-state index is 0.164. The lowest BCUT2D eigenvalue weighted by molar-refractivity contribution is 0.122. The van der Waals surface area contributed by atoms with Crippen LogP contribution in [0.5, 0.6) is 0 Å². The maximum Gasteiger partial charge on any atom is 0.0916 e. The van der Waals surface area contributed by atoms with E-state index in [4.69, 9.17) is 0 Å². The van der Waals surface area contributed by atoms with Crippen molar-refractivity contribution in [3.8, 4) is 0 Å². The first-order valence-corrected chi connectivity index (χ1v) is 7.94. The molecule has 1 aliphatic rings. The molecule has 0 aliphatic carbocycles. The lowest BCUT2D eigenvalue weighted by Crippen LogP contribution is -2.33. The Bertz CT molecular complexity index is 447. The summed E-state index contributed by atoms with van der Waals surface area (Å²) in [5.41, 5.74) is 2.50. The molecule has 1 aliphatic heterocycles. The number of rotatable bonds is 4. The van der Waals surface area contributed by atoms with Gasteiger partial charge in [0.1, 0.15) is 0 Å². The highest BCUT2D eigenvalue weighted by Crippen LogP contribution is 2.25. The average molecular weight is 290 g/mol. The molecule has 2 unspecified atom stereocenters. The first kappa shape index (κ1) is 16.5. The minimum atomic E-state index is -0.389. The second-order valence-corrected chi connectivity index (χ2v) is 7.55. The van der Waals surface area contributed by atoms with Crippen LogP contribution in [-0.4, -0.2) is 54.7 Å². The zero-order valence-corrected chi connectivity index (χ0v) is 14.1. The van der Waals surface area contributed by atoms with Crippen LogP contribution in [0, 0.1) is 0 Å². The Morgan fingerprint density at radius 2 is 1.86 bits per heavy atom. The number of hydrogen-bond donors (Lipinski definition) is 1. The fraction of sp³-hybridized carbons (Fsp3) is 0.667. The summed E-state index contributed by atoms with van der Waals surface area (Å²) in [5.74, 6) is 0. The SMILES string of the molecule is CN(C)C1CCN(CC(O)c2ccc(C(C)(C)C)cc2)C1. The number of aliphatic hydroxyl groups is 1. The molecular formula is C18H30N2O. The van der Waals surface area contributed by atoms with Crippen LogP contribution in [-0.2, 0) is 5.41 Å². The molecule has 1 N–H and O–H groups in total. The highest BCUT2D eigenvalue weighted by molar-refractivity contribution is 5.28. The second kappa shape index (κ2) is 6.47. The van der Waals surface area contributed by atoms with Crippen molar-refractivity contribution in [2.45, 2.75) is 44.8 Å². The summed E-state index contributed by atoms with van der Waals surface area (Å²) in [7, 11) is 4.27. The summed E-state index contributed by atoms with van der Waals surface area (Å²) in [4.78, 5) is 4.65. The number of benzene rings is 1. The first-order chi connectivity index (χ1) is 9.77. The van der Waals surface area contributed by atoms with E-state index < -0.39 is 0 Å². The van der Waals surface area contributed by atoms with E-state index >= 15 is 0 Å². The van der Waals surface area contributed by atoms with E-state index in [1.165, 1.54) is 12.0 Å². The Morgan fingerprint density at radius 3 is 2.33 bits per heavy atom. The van der Waals surface area contributed by atoms with Crippen LogP contribution >= 0.6 is 0 Å². The zero-order valence-electron chi connectivity index (χ0n) is 14.1. The van der Waals surface area contributed by atoms with Crippen molar-refractivity contribution in [1.29, 1.82) is 0 Å². The highest BCUT2D eigenvalue weighted by atomic mass is 16.3. The number of nitrogens with zero attached hydrogens (tertiary/aromatic N) is 2. The molecule has 2 rings (SSSR count). The van der Waals surface area contributed by atoms with Gasteiger partial charge in [0.05, 0.1) is 6.10 Å². The van der Waals surface area contributed by atoms with E-state index in [1.807, 2.05) is 0 Å². The van der Waals surface area contributed by atoms with Crippen LogP contribution in [0.2, 0.25) is 0 Å². The molecule has 0 spiro atoms. The van der Waals surface area contributed by atoms with Gasteiger partial charge in [-0.3, -0.25) is 4.90 Å². The van der Waals surface area contributed by atoms with Gasteiger partial charge in [0.2, 0.25) is 0 Å². The van der Waals surface area contributed by atoms with Gasteiger partial charge in [-0.1, -0.05) is 45.0 Å². The lowest BCUT2D eigenvalue weighted by Gasteiger charge is -2.23. The van der Waals surface area contributed by atoms with Crippen LogP contribution in [0.3, 0.4) is 0 Å². The summed E-state index contributed by atoms with van der Waals surface area (Å²) >= 11 is 0. The van der Waals surface area contributed by atoms with Gasteiger partial charge in [-0.2, -0.15) is 0 Å². The molecule has 0 saturated carbocycles. The Labute approximate surface area is 129 Å². The molecule has 0 radical (unpaired) electrons. The molecule has 1 fully saturated rings. The van der Waals surface area contributed by atoms with Gasteiger partial charge in [-0.15, -0.1) is 0 Å². The van der Waals surface area contributed by atoms with Gasteiger partial charge < -0.3 is 10.0 Å². The molecule has 0 bridgehead atoms. The van der Waals surface area contributed by atoms with Crippen LogP contribution in [0.4, 0.5) is 0 Å². The molecule has 0 aromatic heterocycles. The fourth-order valence-electron chi connectivity index (χ4n) is 2.95. The fourth-order valence-corrected chi connectivity index (χ4v) is 2.95. The second-order valence-electron chi connectivity index (χ2n) is 7.55. The summed E-state index contributed by atoms with van der Waals surface area (Å²) in [6.45, 7) is 9.52. The Morgan fingerprint density at radius 1 is 1.24 bits per heavy atom. The van der Waals surface area contributed by atoms with E-state index in [-0.39, 0.29) is 11.5 Å². The summed E-state index contributed by atoms with van der Waals surface area (Å²) < 4.78 is 0. The highest BCUT2D eigenvalue weighted by Gasteiger charge is 2.25. The largest absolute Gasteiger partial charge is 0.387 e. The number of β-amino-alcohol motifs (C(OH)–C–C–N with tert-alkyl or cyclic N) is 1. The Balaban J connectivity index is 1.93. The maximum absolute atomic E-state index is 10.4. The van der Waals surface area contributed by atoms with Crippen molar-refractivity contribution < 1.29 is 5.11 Å². The number of aliphatic hydroxyl groups excluding tert-OH is 1. The monoisotopic (exact) mass is 290 g/mol. The van der Waals surface area contributed by atoms with Crippen LogP contribution in [0.25, 0.3) is 0 Å². The van der Waals surface area contributed by atoms with Gasteiger partial charge in [0.25, 0.3) is 0 Å². The van der Waals surface area contributed by atoms with E-state index in [0.29, 0.717) is 6.04 Å². The summed E-state index contributed by atoms with van der Waals surface area (Å²) in [5, 5.41) is 10.4. The molecule has 3 heteroatoms. The quantitative estimate of drug-likeness (QED) is 0.923. The number of likely N-dealkylation sites (N-methyl/N-ethyl adjacent to an activating group) is 1. The van der Waals surface area contributed by atoms with Crippen molar-refractivity contribution >= 4 is 0 Å². The zero-order chi connectivity index (χ0) is 15.6. The third-order valence-electron chi connectivity index (χ3n) is 4.57. The molecule has 3 nitrogen and oxygen atoms in total. The van der Waals surface area contributed by atoms with Crippen molar-refractivity contribution in [2.75, 3.05) is 33.7 Å². The molecule has 118 valence electrons. The smallest absolute Gasteiger partial charge is 0.0916 e. The van der Waals surface area contributed by atoms with Gasteiger partial charge in [-0.05, 0) is 43.6 Å². The van der Waals surface area contributed by atoms with Gasteiger partial charge in [0, 0.05) is 19.1 Å². The Hall–Kier alpha value is -0.900. The van der Waals surface area contributed by atoms with Crippen LogP contribution < -0.4 is 0 Å². The Kier molecular flexibility index (Phi) is 5.07. The molecule has 1 aromatic carbocycles. The van der Waals surface area contributed by atoms with Gasteiger partial charge >= 0.3 is 0 Å². The molecular weight excluding hydrogens is 260 g/mol. The van der Waals surface area contributed by atoms with E-state index in [1.54, 1.807) is 0 Å². The van der Waals surface area contributed by atoms with Crippen molar-refractivity contribution in [2.24, 2.45) is 0 Å². The standard InChI is InChI=1S/C18H30N2O/c1-18(2,3)15-8-6-14(7-9-15)17(21)13-20-11-10-16(12-20)19(4)5/h6-9,16-17,21H,10-13H2,1-5H3. The molecule has 1 heterocycles. The predicted octanol–water partition coefficient (Wildman–Crippen LogP) is 2.65. The predicted molar refractivity (Wildman–Crippen MR) is 88.6 cm³/mol. The van der Waals surface area contributed by atoms with Crippen molar-refractivity contribution in [3.05, 3.63) is 35.4 Å². The molecule has 1 aromatic rings. The normalized spacial score (nSPS) is 22.0. The van der Waals surface area contributed by atoms with Gasteiger partial charge in [0.15, 0.2) is 0 Å². The summed E-state index contributed by atoms with van der Waals surface area (Å²) in [6, 6.07) is 9.06. The third kappa shape index (κ3) is 4.29. The molecule has 1 saturated heterocycles. The van der Waals surface area contributed by atoms with Gasteiger partial charge in [-0.25, -0.2) is 0 Å². The molecule has 2 atom stereocenters. The topological polar surface area (TPSA) is 26.7 Å². The minimum Gasteiger partial charge on any atom is -0.387 e. The van der Waals surface area contributed by atoms with E-state index in [2.05, 4.69) is 68.9 Å².